The molecule has 93 heavy (non-hydrogen) atoms. The second-order valence-corrected chi connectivity index (χ2v) is 26.1. The number of cyclic esters (lactones) is 1. The highest BCUT2D eigenvalue weighted by molar-refractivity contribution is 5.89. The fraction of sp³-hybridized carbons (Fsp3) is 0.766. The first-order chi connectivity index (χ1) is 43.5. The maximum absolute atomic E-state index is 13.7. The van der Waals surface area contributed by atoms with E-state index in [2.05, 4.69) is 6.08 Å². The smallest absolute Gasteiger partial charge is 0.334 e. The SMILES string of the molecule is CC(=O)OC[C@H]1O[C@@H](O[C@@H]2CC3=CC[C@@H]4[C@H](C[C@@H](OC(C)=O)[C@]5(C)[C@@H]([C@@](C)(O)[C@H]6CC(C)=C(C)C(=O)O6)CC[C@@H]45)[C@@]3(C)[C@@H](OC(C)=O)C2)[C@H](OC(C)=O)[C@@H](O[C@@H]2OC[C@@H](OC(C)=O)[C@H](OC(C)=O)[C@H]2OC(C)=O)[C@@H]1O[C@@H]1OC[C@@H](OC(C)=O)[C@H](OC(C)=O)[C@H]1OC(C)=O. The van der Waals surface area contributed by atoms with E-state index in [-0.39, 0.29) is 37.0 Å². The molecule has 4 heterocycles. The van der Waals surface area contributed by atoms with Crippen LogP contribution in [0.4, 0.5) is 0 Å². The molecule has 1 N–H and O–H groups in total. The molecule has 8 aliphatic rings. The van der Waals surface area contributed by atoms with Crippen LogP contribution in [0.5, 0.6) is 0 Å². The molecule has 0 amide bonds. The van der Waals surface area contributed by atoms with Crippen molar-refractivity contribution in [2.75, 3.05) is 19.8 Å². The zero-order valence-corrected chi connectivity index (χ0v) is 55.2. The standard InChI is InChI=1S/C64H88O29/c1-27-20-50(91-58(75)28(27)2)64(15,76)47-19-18-42-41-17-16-39-21-40(22-48(82-32(6)68)62(39,13)43(41)23-49(63(42,47)14)83-33(7)69)89-61-57(88-38(12)74)54(93-60-56(87-37(11)73)53(85-35(9)71)45(26-79-60)81-31(5)67)51(46(90-61)24-77-29(3)65)92-59-55(86-36(10)72)52(84-34(8)70)44(25-78-59)80-30(4)66/h16,40-57,59-61,76H,17-26H2,1-15H3/t40-,41+,42+,43+,44-,45-,46-,47+,48+,49-,50-,51-,52+,53+,54+,55-,56-,57-,59+,60+,61-,62+,63+,64-/m1/s1. The highest BCUT2D eigenvalue weighted by atomic mass is 16.8. The van der Waals surface area contributed by atoms with E-state index in [9.17, 15) is 57.8 Å². The molecule has 0 aromatic heterocycles. The van der Waals surface area contributed by atoms with Crippen LogP contribution in [0, 0.1) is 34.5 Å². The monoisotopic (exact) mass is 1320 g/mol. The number of allylic oxidation sites excluding steroid dienone is 1. The first-order valence-electron chi connectivity index (χ1n) is 31.4. The van der Waals surface area contributed by atoms with Gasteiger partial charge in [0.1, 0.15) is 48.8 Å². The minimum atomic E-state index is -1.88. The summed E-state index contributed by atoms with van der Waals surface area (Å²) in [6.07, 6.45) is -21.3. The van der Waals surface area contributed by atoms with Crippen LogP contribution in [-0.4, -0.2) is 201 Å². The molecule has 6 fully saturated rings. The Morgan fingerprint density at radius 2 is 1.02 bits per heavy atom. The quantitative estimate of drug-likeness (QED) is 0.109. The lowest BCUT2D eigenvalue weighted by molar-refractivity contribution is -0.380. The second-order valence-electron chi connectivity index (χ2n) is 26.1. The third-order valence-electron chi connectivity index (χ3n) is 19.7. The minimum absolute atomic E-state index is 0.0386. The Morgan fingerprint density at radius 1 is 0.548 bits per heavy atom. The van der Waals surface area contributed by atoms with Gasteiger partial charge in [-0.1, -0.05) is 31.1 Å². The Labute approximate surface area is 538 Å². The maximum Gasteiger partial charge on any atom is 0.334 e. The largest absolute Gasteiger partial charge is 0.463 e. The van der Waals surface area contributed by atoms with Gasteiger partial charge in [0.2, 0.25) is 0 Å². The molecule has 4 aliphatic heterocycles. The predicted molar refractivity (Wildman–Crippen MR) is 309 cm³/mol. The van der Waals surface area contributed by atoms with E-state index in [1.807, 2.05) is 20.8 Å². The van der Waals surface area contributed by atoms with E-state index in [0.29, 0.717) is 31.3 Å². The van der Waals surface area contributed by atoms with Gasteiger partial charge in [-0.3, -0.25) is 47.9 Å². The van der Waals surface area contributed by atoms with Crippen LogP contribution in [0.15, 0.2) is 22.8 Å². The van der Waals surface area contributed by atoms with Crippen LogP contribution in [0.25, 0.3) is 0 Å². The first-order valence-corrected chi connectivity index (χ1v) is 31.4. The molecule has 4 aliphatic carbocycles. The molecule has 29 nitrogen and oxygen atoms in total. The van der Waals surface area contributed by atoms with Gasteiger partial charge in [-0.05, 0) is 70.6 Å². The van der Waals surface area contributed by atoms with E-state index < -0.39 is 212 Å². The van der Waals surface area contributed by atoms with Crippen LogP contribution >= 0.6 is 0 Å². The summed E-state index contributed by atoms with van der Waals surface area (Å²) in [5, 5.41) is 12.7. The van der Waals surface area contributed by atoms with Gasteiger partial charge >= 0.3 is 65.7 Å². The summed E-state index contributed by atoms with van der Waals surface area (Å²) in [6, 6.07) is 0. The van der Waals surface area contributed by atoms with Crippen LogP contribution < -0.4 is 0 Å². The number of hydrogen-bond donors (Lipinski definition) is 1. The van der Waals surface area contributed by atoms with Crippen molar-refractivity contribution in [3.8, 4) is 0 Å². The molecule has 3 saturated heterocycles. The molecule has 0 aromatic rings. The number of aliphatic hydroxyl groups is 1. The Hall–Kier alpha value is -6.63. The minimum Gasteiger partial charge on any atom is -0.463 e. The molecule has 3 saturated carbocycles. The number of rotatable bonds is 19. The summed E-state index contributed by atoms with van der Waals surface area (Å²) in [6.45, 7) is 18.5. The Balaban J connectivity index is 1.20. The molecule has 0 radical (unpaired) electrons. The van der Waals surface area contributed by atoms with E-state index in [0.717, 1.165) is 66.5 Å². The molecule has 8 rings (SSSR count). The molecule has 518 valence electrons. The normalized spacial score (nSPS) is 38.6. The third-order valence-corrected chi connectivity index (χ3v) is 19.7. The Bertz CT molecular complexity index is 2950. The van der Waals surface area contributed by atoms with Gasteiger partial charge in [0.05, 0.1) is 19.3 Å². The zero-order valence-electron chi connectivity index (χ0n) is 55.2. The lowest BCUT2D eigenvalue weighted by atomic mass is 9.45. The van der Waals surface area contributed by atoms with Crippen molar-refractivity contribution in [1.82, 2.24) is 0 Å². The molecule has 0 spiro atoms. The summed E-state index contributed by atoms with van der Waals surface area (Å²) in [7, 11) is 0. The van der Waals surface area contributed by atoms with Gasteiger partial charge in [0.15, 0.2) is 61.6 Å². The van der Waals surface area contributed by atoms with Crippen molar-refractivity contribution in [2.45, 2.75) is 259 Å². The molecule has 0 unspecified atom stereocenters. The Kier molecular flexibility index (Phi) is 22.6. The topological polar surface area (TPSA) is 365 Å². The average molecular weight is 1320 g/mol. The molecule has 0 bridgehead atoms. The molecular formula is C64H88O29. The van der Waals surface area contributed by atoms with Gasteiger partial charge < -0.3 is 85.6 Å². The number of esters is 11. The number of carbonyl (C=O) groups excluding carboxylic acids is 11. The first kappa shape index (κ1) is 72.2. The maximum atomic E-state index is 13.7. The van der Waals surface area contributed by atoms with Crippen LogP contribution in [0.2, 0.25) is 0 Å². The lowest BCUT2D eigenvalue weighted by Gasteiger charge is -2.62. The van der Waals surface area contributed by atoms with Crippen LogP contribution in [0.1, 0.15) is 149 Å². The van der Waals surface area contributed by atoms with Crippen molar-refractivity contribution in [3.63, 3.8) is 0 Å². The molecule has 0 aromatic carbocycles. The predicted octanol–water partition coefficient (Wildman–Crippen LogP) is 3.73. The summed E-state index contributed by atoms with van der Waals surface area (Å²) < 4.78 is 103. The highest BCUT2D eigenvalue weighted by Gasteiger charge is 2.69. The summed E-state index contributed by atoms with van der Waals surface area (Å²) >= 11 is 0. The number of ether oxygens (including phenoxy) is 17. The van der Waals surface area contributed by atoms with E-state index in [1.165, 1.54) is 13.8 Å². The second kappa shape index (κ2) is 29.2. The summed E-state index contributed by atoms with van der Waals surface area (Å²) in [5.74, 6) is -9.95. The number of carbonyl (C=O) groups is 11. The van der Waals surface area contributed by atoms with Crippen molar-refractivity contribution >= 4 is 65.7 Å². The van der Waals surface area contributed by atoms with Gasteiger partial charge in [-0.25, -0.2) is 4.79 Å². The highest BCUT2D eigenvalue weighted by Crippen LogP contribution is 2.69. The summed E-state index contributed by atoms with van der Waals surface area (Å²) in [5.41, 5.74) is -1.24. The number of fused-ring (bicyclic) bond motifs is 5. The van der Waals surface area contributed by atoms with Crippen LogP contribution in [-0.2, 0) is 133 Å². The van der Waals surface area contributed by atoms with E-state index >= 15 is 0 Å². The number of hydrogen-bond acceptors (Lipinski definition) is 29. The fourth-order valence-corrected chi connectivity index (χ4v) is 15.9. The van der Waals surface area contributed by atoms with Crippen molar-refractivity contribution in [1.29, 1.82) is 0 Å². The van der Waals surface area contributed by atoms with Crippen molar-refractivity contribution in [2.24, 2.45) is 34.5 Å². The van der Waals surface area contributed by atoms with E-state index in [4.69, 9.17) is 80.5 Å². The van der Waals surface area contributed by atoms with Gasteiger partial charge in [0.25, 0.3) is 0 Å². The van der Waals surface area contributed by atoms with E-state index in [1.54, 1.807) is 13.8 Å². The lowest BCUT2D eigenvalue weighted by Crippen LogP contribution is -2.68. The van der Waals surface area contributed by atoms with Crippen molar-refractivity contribution < 1.29 is 138 Å². The Morgan fingerprint density at radius 3 is 1.51 bits per heavy atom. The van der Waals surface area contributed by atoms with Gasteiger partial charge in [-0.15, -0.1) is 0 Å². The zero-order chi connectivity index (χ0) is 68.5. The molecule has 29 heteroatoms. The molecular weight excluding hydrogens is 1230 g/mol. The van der Waals surface area contributed by atoms with Gasteiger partial charge in [0, 0.05) is 104 Å². The van der Waals surface area contributed by atoms with Crippen molar-refractivity contribution in [3.05, 3.63) is 22.8 Å². The average Bonchev–Trinajstić information content (AvgIpc) is 1.66. The van der Waals surface area contributed by atoms with Crippen LogP contribution in [0.3, 0.4) is 0 Å². The third kappa shape index (κ3) is 15.7. The van der Waals surface area contributed by atoms with Gasteiger partial charge in [-0.2, -0.15) is 0 Å². The summed E-state index contributed by atoms with van der Waals surface area (Å²) in [4.78, 5) is 143. The fourth-order valence-electron chi connectivity index (χ4n) is 15.9. The molecule has 24 atom stereocenters.